The van der Waals surface area contributed by atoms with Crippen LogP contribution in [0.15, 0.2) is 16.8 Å². The van der Waals surface area contributed by atoms with Crippen LogP contribution in [0.4, 0.5) is 4.79 Å². The molecule has 1 heterocycles. The van der Waals surface area contributed by atoms with Gasteiger partial charge in [-0.05, 0) is 29.4 Å². The molecule has 0 aromatic carbocycles. The zero-order valence-corrected chi connectivity index (χ0v) is 12.0. The number of hydrogen-bond acceptors (Lipinski definition) is 5. The standard InChI is InChI=1S/C12H19N3O3S/c1-15(7-10-3-6-19-9-10)8-11(16)14-12(17)13-4-5-18-2/h3,6,9H,4-5,7-8H2,1-2H3,(H2,13,14,16,17). The molecule has 0 aliphatic rings. The smallest absolute Gasteiger partial charge is 0.321 e. The molecule has 0 radical (unpaired) electrons. The van der Waals surface area contributed by atoms with Gasteiger partial charge in [0.15, 0.2) is 0 Å². The summed E-state index contributed by atoms with van der Waals surface area (Å²) in [4.78, 5) is 24.7. The Morgan fingerprint density at radius 2 is 2.26 bits per heavy atom. The van der Waals surface area contributed by atoms with Crippen LogP contribution in [0.25, 0.3) is 0 Å². The fourth-order valence-corrected chi connectivity index (χ4v) is 2.13. The molecule has 7 heteroatoms. The summed E-state index contributed by atoms with van der Waals surface area (Å²) in [6.45, 7) is 1.65. The van der Waals surface area contributed by atoms with Gasteiger partial charge < -0.3 is 10.1 Å². The van der Waals surface area contributed by atoms with E-state index in [-0.39, 0.29) is 12.5 Å². The van der Waals surface area contributed by atoms with Crippen molar-refractivity contribution in [3.8, 4) is 0 Å². The molecule has 3 amide bonds. The summed E-state index contributed by atoms with van der Waals surface area (Å²) in [7, 11) is 3.38. The summed E-state index contributed by atoms with van der Waals surface area (Å²) < 4.78 is 4.79. The van der Waals surface area contributed by atoms with Gasteiger partial charge in [-0.2, -0.15) is 11.3 Å². The predicted octanol–water partition coefficient (Wildman–Crippen LogP) is 0.652. The van der Waals surface area contributed by atoms with Crippen molar-refractivity contribution in [2.75, 3.05) is 33.9 Å². The number of ether oxygens (including phenoxy) is 1. The average Bonchev–Trinajstić information content (AvgIpc) is 2.81. The van der Waals surface area contributed by atoms with Crippen molar-refractivity contribution in [3.63, 3.8) is 0 Å². The van der Waals surface area contributed by atoms with Crippen LogP contribution >= 0.6 is 11.3 Å². The Kier molecular flexibility index (Phi) is 7.09. The number of imide groups is 1. The number of urea groups is 1. The van der Waals surface area contributed by atoms with Crippen molar-refractivity contribution in [3.05, 3.63) is 22.4 Å². The van der Waals surface area contributed by atoms with Gasteiger partial charge in [0.05, 0.1) is 13.2 Å². The van der Waals surface area contributed by atoms with Crippen LogP contribution in [0, 0.1) is 0 Å². The third kappa shape index (κ3) is 6.90. The van der Waals surface area contributed by atoms with Gasteiger partial charge >= 0.3 is 6.03 Å². The number of rotatable bonds is 7. The highest BCUT2D eigenvalue weighted by Crippen LogP contribution is 2.07. The Morgan fingerprint density at radius 1 is 1.47 bits per heavy atom. The highest BCUT2D eigenvalue weighted by Gasteiger charge is 2.10. The minimum atomic E-state index is -0.494. The number of carbonyl (C=O) groups excluding carboxylic acids is 2. The minimum absolute atomic E-state index is 0.174. The van der Waals surface area contributed by atoms with Gasteiger partial charge in [-0.1, -0.05) is 0 Å². The molecule has 1 aromatic heterocycles. The number of thiophene rings is 1. The first kappa shape index (κ1) is 15.6. The van der Waals surface area contributed by atoms with Crippen LogP contribution in [-0.4, -0.2) is 50.7 Å². The largest absolute Gasteiger partial charge is 0.383 e. The van der Waals surface area contributed by atoms with Crippen LogP contribution in [0.2, 0.25) is 0 Å². The van der Waals surface area contributed by atoms with E-state index in [4.69, 9.17) is 4.74 Å². The van der Waals surface area contributed by atoms with E-state index >= 15 is 0 Å². The van der Waals surface area contributed by atoms with Gasteiger partial charge in [0.2, 0.25) is 5.91 Å². The Balaban J connectivity index is 2.21. The second-order valence-electron chi connectivity index (χ2n) is 4.10. The molecule has 1 rings (SSSR count). The van der Waals surface area contributed by atoms with Crippen LogP contribution < -0.4 is 10.6 Å². The molecule has 0 aliphatic heterocycles. The van der Waals surface area contributed by atoms with Crippen molar-refractivity contribution in [1.29, 1.82) is 0 Å². The zero-order valence-electron chi connectivity index (χ0n) is 11.1. The van der Waals surface area contributed by atoms with E-state index in [0.29, 0.717) is 19.7 Å². The lowest BCUT2D eigenvalue weighted by atomic mass is 10.3. The van der Waals surface area contributed by atoms with Gasteiger partial charge in [0, 0.05) is 20.2 Å². The molecule has 0 aliphatic carbocycles. The van der Waals surface area contributed by atoms with Crippen LogP contribution in [0.5, 0.6) is 0 Å². The molecule has 1 aromatic rings. The lowest BCUT2D eigenvalue weighted by Crippen LogP contribution is -2.44. The Bertz CT molecular complexity index is 395. The van der Waals surface area contributed by atoms with Crippen molar-refractivity contribution in [2.45, 2.75) is 6.54 Å². The van der Waals surface area contributed by atoms with E-state index in [1.165, 1.54) is 0 Å². The first-order valence-electron chi connectivity index (χ1n) is 5.88. The van der Waals surface area contributed by atoms with Crippen molar-refractivity contribution < 1.29 is 14.3 Å². The molecule has 0 saturated heterocycles. The number of carbonyl (C=O) groups is 2. The molecule has 19 heavy (non-hydrogen) atoms. The summed E-state index contributed by atoms with van der Waals surface area (Å²) in [5, 5.41) is 8.81. The summed E-state index contributed by atoms with van der Waals surface area (Å²) >= 11 is 1.62. The van der Waals surface area contributed by atoms with E-state index in [9.17, 15) is 9.59 Å². The molecule has 0 atom stereocenters. The Hall–Kier alpha value is -1.44. The Morgan fingerprint density at radius 3 is 2.89 bits per heavy atom. The van der Waals surface area contributed by atoms with Crippen molar-refractivity contribution >= 4 is 23.3 Å². The fourth-order valence-electron chi connectivity index (χ4n) is 1.47. The van der Waals surface area contributed by atoms with Gasteiger partial charge in [0.25, 0.3) is 0 Å². The lowest BCUT2D eigenvalue weighted by molar-refractivity contribution is -0.120. The third-order valence-corrected chi connectivity index (χ3v) is 3.02. The molecule has 0 bridgehead atoms. The predicted molar refractivity (Wildman–Crippen MR) is 74.1 cm³/mol. The van der Waals surface area contributed by atoms with E-state index in [0.717, 1.165) is 5.56 Å². The Labute approximate surface area is 116 Å². The fraction of sp³-hybridized carbons (Fsp3) is 0.500. The zero-order chi connectivity index (χ0) is 14.1. The normalized spacial score (nSPS) is 10.5. The maximum absolute atomic E-state index is 11.6. The van der Waals surface area contributed by atoms with E-state index in [1.54, 1.807) is 18.4 Å². The van der Waals surface area contributed by atoms with Crippen LogP contribution in [0.3, 0.4) is 0 Å². The number of amides is 3. The number of methoxy groups -OCH3 is 1. The van der Waals surface area contributed by atoms with E-state index in [1.807, 2.05) is 28.8 Å². The molecular formula is C12H19N3O3S. The lowest BCUT2D eigenvalue weighted by Gasteiger charge is -2.15. The summed E-state index contributed by atoms with van der Waals surface area (Å²) in [6, 6.07) is 1.52. The maximum Gasteiger partial charge on any atom is 0.321 e. The molecule has 0 saturated carbocycles. The van der Waals surface area contributed by atoms with Crippen molar-refractivity contribution in [1.82, 2.24) is 15.5 Å². The molecule has 106 valence electrons. The second-order valence-corrected chi connectivity index (χ2v) is 4.88. The van der Waals surface area contributed by atoms with E-state index < -0.39 is 6.03 Å². The molecule has 0 spiro atoms. The minimum Gasteiger partial charge on any atom is -0.383 e. The van der Waals surface area contributed by atoms with Gasteiger partial charge in [-0.25, -0.2) is 4.79 Å². The average molecular weight is 285 g/mol. The maximum atomic E-state index is 11.6. The number of nitrogens with one attached hydrogen (secondary N) is 2. The number of nitrogens with zero attached hydrogens (tertiary/aromatic N) is 1. The van der Waals surface area contributed by atoms with Crippen LogP contribution in [0.1, 0.15) is 5.56 Å². The third-order valence-electron chi connectivity index (χ3n) is 2.29. The van der Waals surface area contributed by atoms with Gasteiger partial charge in [-0.3, -0.25) is 15.0 Å². The van der Waals surface area contributed by atoms with Gasteiger partial charge in [0.1, 0.15) is 0 Å². The quantitative estimate of drug-likeness (QED) is 0.722. The summed E-state index contributed by atoms with van der Waals surface area (Å²) in [6.07, 6.45) is 0. The molecular weight excluding hydrogens is 266 g/mol. The number of likely N-dealkylation sites (N-methyl/N-ethyl adjacent to an activating group) is 1. The SMILES string of the molecule is COCCNC(=O)NC(=O)CN(C)Cc1ccsc1. The van der Waals surface area contributed by atoms with E-state index in [2.05, 4.69) is 10.6 Å². The first-order valence-corrected chi connectivity index (χ1v) is 6.82. The molecule has 2 N–H and O–H groups in total. The molecule has 6 nitrogen and oxygen atoms in total. The first-order chi connectivity index (χ1) is 9.11. The highest BCUT2D eigenvalue weighted by atomic mass is 32.1. The molecule has 0 unspecified atom stereocenters. The summed E-state index contributed by atoms with van der Waals surface area (Å²) in [5.41, 5.74) is 1.16. The molecule has 0 fully saturated rings. The van der Waals surface area contributed by atoms with Crippen molar-refractivity contribution in [2.24, 2.45) is 0 Å². The highest BCUT2D eigenvalue weighted by molar-refractivity contribution is 7.07. The topological polar surface area (TPSA) is 70.7 Å². The second kappa shape index (κ2) is 8.63. The monoisotopic (exact) mass is 285 g/mol. The number of hydrogen-bond donors (Lipinski definition) is 2. The summed E-state index contributed by atoms with van der Waals surface area (Å²) in [5.74, 6) is -0.326. The van der Waals surface area contributed by atoms with Gasteiger partial charge in [-0.15, -0.1) is 0 Å². The van der Waals surface area contributed by atoms with Crippen LogP contribution in [-0.2, 0) is 16.1 Å².